The summed E-state index contributed by atoms with van der Waals surface area (Å²) in [7, 11) is 0. The summed E-state index contributed by atoms with van der Waals surface area (Å²) in [5.41, 5.74) is 2.91. The highest BCUT2D eigenvalue weighted by molar-refractivity contribution is 9.10. The quantitative estimate of drug-likeness (QED) is 0.762. The highest BCUT2D eigenvalue weighted by Gasteiger charge is 2.05. The smallest absolute Gasteiger partial charge is 0.224 e. The SMILES string of the molecule is O=C(Cc1ccccc1)NCCc1cn2cc(Br)ccc2n1. The van der Waals surface area contributed by atoms with Gasteiger partial charge in [-0.15, -0.1) is 0 Å². The van der Waals surface area contributed by atoms with Crippen molar-refractivity contribution in [1.29, 1.82) is 0 Å². The first-order chi connectivity index (χ1) is 10.7. The number of aromatic nitrogens is 2. The average Bonchev–Trinajstić information content (AvgIpc) is 2.90. The van der Waals surface area contributed by atoms with Crippen molar-refractivity contribution in [3.05, 3.63) is 70.6 Å². The molecule has 0 atom stereocenters. The van der Waals surface area contributed by atoms with Gasteiger partial charge in [-0.25, -0.2) is 4.98 Å². The van der Waals surface area contributed by atoms with Crippen LogP contribution in [-0.2, 0) is 17.6 Å². The van der Waals surface area contributed by atoms with Crippen LogP contribution in [0.2, 0.25) is 0 Å². The molecule has 1 N–H and O–H groups in total. The second-order valence-corrected chi connectivity index (χ2v) is 6.02. The molecule has 5 heteroatoms. The molecule has 1 aromatic carbocycles. The number of fused-ring (bicyclic) bond motifs is 1. The second-order valence-electron chi connectivity index (χ2n) is 5.11. The van der Waals surface area contributed by atoms with Gasteiger partial charge in [-0.3, -0.25) is 4.79 Å². The number of nitrogens with zero attached hydrogens (tertiary/aromatic N) is 2. The van der Waals surface area contributed by atoms with E-state index < -0.39 is 0 Å². The first kappa shape index (κ1) is 14.8. The molecule has 0 saturated carbocycles. The minimum Gasteiger partial charge on any atom is -0.355 e. The molecular weight excluding hydrogens is 342 g/mol. The summed E-state index contributed by atoms with van der Waals surface area (Å²) in [4.78, 5) is 16.4. The highest BCUT2D eigenvalue weighted by atomic mass is 79.9. The average molecular weight is 358 g/mol. The monoisotopic (exact) mass is 357 g/mol. The van der Waals surface area contributed by atoms with Crippen LogP contribution >= 0.6 is 15.9 Å². The lowest BCUT2D eigenvalue weighted by Gasteiger charge is -2.03. The Hall–Kier alpha value is -2.14. The topological polar surface area (TPSA) is 46.4 Å². The standard InChI is InChI=1S/C17H16BrN3O/c18-14-6-7-16-20-15(12-21(16)11-14)8-9-19-17(22)10-13-4-2-1-3-5-13/h1-7,11-12H,8-10H2,(H,19,22). The van der Waals surface area contributed by atoms with Crippen molar-refractivity contribution in [2.75, 3.05) is 6.54 Å². The molecule has 22 heavy (non-hydrogen) atoms. The number of imidazole rings is 1. The third-order valence-electron chi connectivity index (χ3n) is 3.38. The Morgan fingerprint density at radius 2 is 1.95 bits per heavy atom. The molecule has 0 aliphatic carbocycles. The van der Waals surface area contributed by atoms with Crippen LogP contribution in [0, 0.1) is 0 Å². The normalized spacial score (nSPS) is 10.8. The molecule has 1 amide bonds. The van der Waals surface area contributed by atoms with Gasteiger partial charge in [0.15, 0.2) is 0 Å². The van der Waals surface area contributed by atoms with Crippen molar-refractivity contribution in [3.63, 3.8) is 0 Å². The van der Waals surface area contributed by atoms with E-state index in [0.717, 1.165) is 27.8 Å². The highest BCUT2D eigenvalue weighted by Crippen LogP contribution is 2.12. The van der Waals surface area contributed by atoms with E-state index in [2.05, 4.69) is 26.2 Å². The van der Waals surface area contributed by atoms with Crippen LogP contribution in [-0.4, -0.2) is 21.8 Å². The first-order valence-corrected chi connectivity index (χ1v) is 7.94. The molecule has 4 nitrogen and oxygen atoms in total. The molecule has 2 aromatic heterocycles. The van der Waals surface area contributed by atoms with E-state index in [1.165, 1.54) is 0 Å². The molecule has 112 valence electrons. The summed E-state index contributed by atoms with van der Waals surface area (Å²) in [5, 5.41) is 2.94. The van der Waals surface area contributed by atoms with Crippen LogP contribution < -0.4 is 5.32 Å². The van der Waals surface area contributed by atoms with E-state index in [1.807, 2.05) is 59.3 Å². The van der Waals surface area contributed by atoms with Gasteiger partial charge in [-0.05, 0) is 33.6 Å². The van der Waals surface area contributed by atoms with Gasteiger partial charge in [0.2, 0.25) is 5.91 Å². The molecule has 0 saturated heterocycles. The van der Waals surface area contributed by atoms with Gasteiger partial charge in [0.1, 0.15) is 5.65 Å². The number of nitrogens with one attached hydrogen (secondary N) is 1. The Labute approximate surface area is 137 Å². The van der Waals surface area contributed by atoms with Crippen molar-refractivity contribution < 1.29 is 4.79 Å². The predicted molar refractivity (Wildman–Crippen MR) is 89.8 cm³/mol. The Bertz CT molecular complexity index is 783. The maximum absolute atomic E-state index is 11.9. The Morgan fingerprint density at radius 3 is 2.77 bits per heavy atom. The Balaban J connectivity index is 1.52. The van der Waals surface area contributed by atoms with Crippen LogP contribution in [0.1, 0.15) is 11.3 Å². The minimum atomic E-state index is 0.0395. The van der Waals surface area contributed by atoms with E-state index in [0.29, 0.717) is 13.0 Å². The largest absolute Gasteiger partial charge is 0.355 e. The molecule has 0 spiro atoms. The number of halogens is 1. The van der Waals surface area contributed by atoms with Crippen molar-refractivity contribution in [2.24, 2.45) is 0 Å². The van der Waals surface area contributed by atoms with Gasteiger partial charge in [0.25, 0.3) is 0 Å². The van der Waals surface area contributed by atoms with E-state index in [9.17, 15) is 4.79 Å². The molecule has 0 aliphatic rings. The number of carbonyl (C=O) groups excluding carboxylic acids is 1. The van der Waals surface area contributed by atoms with Gasteiger partial charge >= 0.3 is 0 Å². The zero-order valence-electron chi connectivity index (χ0n) is 12.0. The zero-order valence-corrected chi connectivity index (χ0v) is 13.6. The fraction of sp³-hybridized carbons (Fsp3) is 0.176. The van der Waals surface area contributed by atoms with E-state index >= 15 is 0 Å². The van der Waals surface area contributed by atoms with Crippen LogP contribution in [0.3, 0.4) is 0 Å². The van der Waals surface area contributed by atoms with E-state index in [-0.39, 0.29) is 5.91 Å². The molecule has 0 bridgehead atoms. The number of benzene rings is 1. The Kier molecular flexibility index (Phi) is 4.53. The molecule has 0 unspecified atom stereocenters. The molecule has 0 fully saturated rings. The Morgan fingerprint density at radius 1 is 1.14 bits per heavy atom. The third kappa shape index (κ3) is 3.74. The van der Waals surface area contributed by atoms with Crippen LogP contribution in [0.15, 0.2) is 59.3 Å². The summed E-state index contributed by atoms with van der Waals surface area (Å²) < 4.78 is 2.99. The fourth-order valence-corrected chi connectivity index (χ4v) is 2.66. The molecule has 3 rings (SSSR count). The van der Waals surface area contributed by atoms with Crippen molar-refractivity contribution in [3.8, 4) is 0 Å². The van der Waals surface area contributed by atoms with Crippen LogP contribution in [0.5, 0.6) is 0 Å². The summed E-state index contributed by atoms with van der Waals surface area (Å²) in [5.74, 6) is 0.0395. The maximum atomic E-state index is 11.9. The molecular formula is C17H16BrN3O. The van der Waals surface area contributed by atoms with Crippen LogP contribution in [0.25, 0.3) is 5.65 Å². The molecule has 0 radical (unpaired) electrons. The predicted octanol–water partition coefficient (Wildman–Crippen LogP) is 3.00. The van der Waals surface area contributed by atoms with Crippen molar-refractivity contribution in [2.45, 2.75) is 12.8 Å². The lowest BCUT2D eigenvalue weighted by molar-refractivity contribution is -0.120. The number of amides is 1. The number of carbonyl (C=O) groups is 1. The van der Waals surface area contributed by atoms with Crippen LogP contribution in [0.4, 0.5) is 0 Å². The van der Waals surface area contributed by atoms with Gasteiger partial charge in [0.05, 0.1) is 12.1 Å². The minimum absolute atomic E-state index is 0.0395. The zero-order chi connectivity index (χ0) is 15.4. The summed E-state index contributed by atoms with van der Waals surface area (Å²) >= 11 is 3.44. The number of hydrogen-bond donors (Lipinski definition) is 1. The van der Waals surface area contributed by atoms with Gasteiger partial charge < -0.3 is 9.72 Å². The van der Waals surface area contributed by atoms with Gasteiger partial charge in [-0.1, -0.05) is 30.3 Å². The molecule has 0 aliphatic heterocycles. The second kappa shape index (κ2) is 6.75. The fourth-order valence-electron chi connectivity index (χ4n) is 2.31. The van der Waals surface area contributed by atoms with E-state index in [1.54, 1.807) is 0 Å². The molecule has 3 aromatic rings. The number of hydrogen-bond acceptors (Lipinski definition) is 2. The number of pyridine rings is 1. The summed E-state index contributed by atoms with van der Waals surface area (Å²) in [6.07, 6.45) is 5.10. The van der Waals surface area contributed by atoms with Gasteiger partial charge in [0, 0.05) is 29.8 Å². The van der Waals surface area contributed by atoms with Crippen molar-refractivity contribution in [1.82, 2.24) is 14.7 Å². The lowest BCUT2D eigenvalue weighted by Crippen LogP contribution is -2.27. The molecule has 2 heterocycles. The lowest BCUT2D eigenvalue weighted by atomic mass is 10.1. The van der Waals surface area contributed by atoms with Gasteiger partial charge in [-0.2, -0.15) is 0 Å². The summed E-state index contributed by atoms with van der Waals surface area (Å²) in [6, 6.07) is 13.7. The number of rotatable bonds is 5. The van der Waals surface area contributed by atoms with E-state index in [4.69, 9.17) is 0 Å². The first-order valence-electron chi connectivity index (χ1n) is 7.14. The maximum Gasteiger partial charge on any atom is 0.224 e. The third-order valence-corrected chi connectivity index (χ3v) is 3.84. The van der Waals surface area contributed by atoms with Crippen molar-refractivity contribution >= 4 is 27.5 Å². The summed E-state index contributed by atoms with van der Waals surface area (Å²) in [6.45, 7) is 0.594.